The van der Waals surface area contributed by atoms with Crippen molar-refractivity contribution in [2.24, 2.45) is 0 Å². The van der Waals surface area contributed by atoms with E-state index < -0.39 is 84.4 Å². The lowest BCUT2D eigenvalue weighted by atomic mass is 9.50. The van der Waals surface area contributed by atoms with Gasteiger partial charge < -0.3 is 50.0 Å². The molecule has 2 bridgehead atoms. The molecule has 1 spiro atoms. The van der Waals surface area contributed by atoms with Crippen LogP contribution in [-0.4, -0.2) is 110 Å². The van der Waals surface area contributed by atoms with Crippen molar-refractivity contribution in [3.63, 3.8) is 0 Å². The van der Waals surface area contributed by atoms with Crippen LogP contribution in [0.1, 0.15) is 50.2 Å². The second-order valence-electron chi connectivity index (χ2n) is 11.7. The third kappa shape index (κ3) is 5.04. The Bertz CT molecular complexity index is 1440. The van der Waals surface area contributed by atoms with Gasteiger partial charge in [-0.05, 0) is 57.5 Å². The number of ether oxygens (including phenoxy) is 3. The minimum atomic E-state index is -2.05. The molecule has 15 heteroatoms. The van der Waals surface area contributed by atoms with E-state index in [1.807, 2.05) is 7.05 Å². The number of hydrogen-bond acceptors (Lipinski definition) is 12. The number of piperidine rings is 1. The number of carbonyl (C=O) groups excluding carboxylic acids is 3. The number of carboxylic acid groups (broad SMARTS) is 2. The Morgan fingerprint density at radius 1 is 1.18 bits per heavy atom. The number of phenolic OH excluding ortho intramolecular Hbond substituents is 1. The summed E-state index contributed by atoms with van der Waals surface area (Å²) in [6, 6.07) is 1.51. The van der Waals surface area contributed by atoms with Gasteiger partial charge in [0, 0.05) is 24.4 Å². The maximum atomic E-state index is 13.2. The molecule has 1 fully saturated rings. The van der Waals surface area contributed by atoms with E-state index in [9.17, 15) is 39.3 Å². The SMILES string of the molecule is C[C@H](OC(=O)[C@H](CCC(=O)O)NC(=O)C[C@H](O)C(=O)O)C(=O)OC1=CC[C@@]2(O)[C@H]3Cc4ccc(O)c5c4C2(CCN3C)C1O5. The maximum absolute atomic E-state index is 13.2. The predicted molar refractivity (Wildman–Crippen MR) is 145 cm³/mol. The summed E-state index contributed by atoms with van der Waals surface area (Å²) in [5.41, 5.74) is -0.681. The lowest BCUT2D eigenvalue weighted by molar-refractivity contribution is -0.176. The molecule has 15 nitrogen and oxygen atoms in total. The lowest BCUT2D eigenvalue weighted by Gasteiger charge is -2.61. The van der Waals surface area contributed by atoms with Crippen molar-refractivity contribution in [2.75, 3.05) is 13.6 Å². The fraction of sp³-hybridized carbons (Fsp3) is 0.552. The van der Waals surface area contributed by atoms with Crippen LogP contribution in [0, 0.1) is 0 Å². The van der Waals surface area contributed by atoms with Crippen LogP contribution < -0.4 is 10.1 Å². The van der Waals surface area contributed by atoms with Crippen molar-refractivity contribution in [1.29, 1.82) is 0 Å². The highest BCUT2D eigenvalue weighted by molar-refractivity contribution is 5.89. The van der Waals surface area contributed by atoms with Crippen molar-refractivity contribution in [3.05, 3.63) is 35.1 Å². The Kier molecular flexibility index (Phi) is 8.07. The molecule has 7 atom stereocenters. The van der Waals surface area contributed by atoms with Gasteiger partial charge in [0.1, 0.15) is 11.8 Å². The van der Waals surface area contributed by atoms with E-state index in [0.29, 0.717) is 24.9 Å². The van der Waals surface area contributed by atoms with Gasteiger partial charge in [-0.2, -0.15) is 0 Å². The third-order valence-corrected chi connectivity index (χ3v) is 9.13. The standard InChI is InChI=1S/C29H34N2O13/c1-13(42-27(40)15(4-6-21(35)36)30-20(34)12-17(33)25(37)38)26(39)43-18-7-8-29(41)19-11-14-3-5-16(32)23-22(14)28(29,24(18)44-23)9-10-31(19)2/h3,5,7,13,15,17,19,24,32-33,41H,4,6,8-12H2,1-2H3,(H,30,34)(H,35,36)(H,37,38)/t13-,15-,17-,19+,24?,28?,29+/m0/s1. The first-order valence-electron chi connectivity index (χ1n) is 14.2. The molecule has 0 aromatic heterocycles. The number of nitrogens with zero attached hydrogens (tertiary/aromatic N) is 1. The van der Waals surface area contributed by atoms with Gasteiger partial charge in [0.15, 0.2) is 29.8 Å². The van der Waals surface area contributed by atoms with Gasteiger partial charge >= 0.3 is 23.9 Å². The number of rotatable bonds is 11. The van der Waals surface area contributed by atoms with E-state index in [1.54, 1.807) is 12.1 Å². The summed E-state index contributed by atoms with van der Waals surface area (Å²) < 4.78 is 17.1. The predicted octanol–water partition coefficient (Wildman–Crippen LogP) is -0.670. The molecular weight excluding hydrogens is 584 g/mol. The number of benzene rings is 1. The fourth-order valence-corrected chi connectivity index (χ4v) is 6.97. The number of nitrogens with one attached hydrogen (secondary N) is 1. The number of likely N-dealkylation sites (N-methyl/N-ethyl adjacent to an activating group) is 1. The summed E-state index contributed by atoms with van der Waals surface area (Å²) in [5.74, 6) is -6.00. The van der Waals surface area contributed by atoms with Gasteiger partial charge in [-0.15, -0.1) is 0 Å². The van der Waals surface area contributed by atoms with E-state index in [-0.39, 0.29) is 29.7 Å². The monoisotopic (exact) mass is 618 g/mol. The first-order chi connectivity index (χ1) is 20.7. The number of hydrogen-bond donors (Lipinski definition) is 6. The van der Waals surface area contributed by atoms with Gasteiger partial charge in [-0.3, -0.25) is 9.59 Å². The van der Waals surface area contributed by atoms with E-state index in [0.717, 1.165) is 5.56 Å². The summed E-state index contributed by atoms with van der Waals surface area (Å²) in [4.78, 5) is 62.2. The van der Waals surface area contributed by atoms with E-state index in [1.165, 1.54) is 13.0 Å². The highest BCUT2D eigenvalue weighted by Gasteiger charge is 2.72. The number of aliphatic hydroxyl groups is 2. The lowest BCUT2D eigenvalue weighted by Crippen LogP contribution is -2.74. The van der Waals surface area contributed by atoms with Gasteiger partial charge in [0.05, 0.1) is 17.4 Å². The summed E-state index contributed by atoms with van der Waals surface area (Å²) in [6.45, 7) is 1.83. The van der Waals surface area contributed by atoms with Crippen LogP contribution in [-0.2, 0) is 45.3 Å². The molecule has 1 aromatic carbocycles. The highest BCUT2D eigenvalue weighted by atomic mass is 16.6. The fourth-order valence-electron chi connectivity index (χ4n) is 6.97. The Morgan fingerprint density at radius 2 is 1.91 bits per heavy atom. The number of aliphatic carboxylic acids is 2. The Balaban J connectivity index is 1.32. The van der Waals surface area contributed by atoms with Crippen molar-refractivity contribution in [3.8, 4) is 11.5 Å². The molecule has 2 aliphatic heterocycles. The van der Waals surface area contributed by atoms with Crippen molar-refractivity contribution < 1.29 is 63.7 Å². The normalized spacial score (nSPS) is 28.3. The Hall–Kier alpha value is -4.21. The summed E-state index contributed by atoms with van der Waals surface area (Å²) >= 11 is 0. The first-order valence-corrected chi connectivity index (χ1v) is 14.2. The topological polar surface area (TPSA) is 229 Å². The molecule has 5 rings (SSSR count). The third-order valence-electron chi connectivity index (χ3n) is 9.13. The molecule has 2 aliphatic carbocycles. The van der Waals surface area contributed by atoms with Gasteiger partial charge in [0.2, 0.25) is 5.91 Å². The van der Waals surface area contributed by atoms with Crippen molar-refractivity contribution in [1.82, 2.24) is 10.2 Å². The average molecular weight is 619 g/mol. The summed E-state index contributed by atoms with van der Waals surface area (Å²) in [6.07, 6.45) is -3.79. The molecule has 44 heavy (non-hydrogen) atoms. The number of carboxylic acids is 2. The maximum Gasteiger partial charge on any atom is 0.352 e. The molecule has 4 aliphatic rings. The second kappa shape index (κ2) is 11.4. The zero-order valence-electron chi connectivity index (χ0n) is 24.0. The van der Waals surface area contributed by atoms with Crippen molar-refractivity contribution in [2.45, 2.75) is 86.9 Å². The number of esters is 2. The summed E-state index contributed by atoms with van der Waals surface area (Å²) in [5, 5.41) is 52.2. The molecule has 6 N–H and O–H groups in total. The highest BCUT2D eigenvalue weighted by Crippen LogP contribution is 2.65. The number of aromatic hydroxyl groups is 1. The van der Waals surface area contributed by atoms with Crippen LogP contribution in [0.3, 0.4) is 0 Å². The number of aliphatic hydroxyl groups excluding tert-OH is 1. The van der Waals surface area contributed by atoms with E-state index in [4.69, 9.17) is 24.4 Å². The first kappa shape index (κ1) is 31.2. The van der Waals surface area contributed by atoms with Gasteiger partial charge in [-0.25, -0.2) is 14.4 Å². The van der Waals surface area contributed by atoms with E-state index in [2.05, 4.69) is 10.2 Å². The van der Waals surface area contributed by atoms with Crippen LogP contribution in [0.5, 0.6) is 11.5 Å². The smallest absolute Gasteiger partial charge is 0.352 e. The molecule has 1 aromatic rings. The minimum absolute atomic E-state index is 0.0766. The molecule has 1 saturated heterocycles. The van der Waals surface area contributed by atoms with Gasteiger partial charge in [0.25, 0.3) is 0 Å². The number of phenols is 1. The molecular formula is C29H34N2O13. The Morgan fingerprint density at radius 3 is 2.59 bits per heavy atom. The van der Waals surface area contributed by atoms with E-state index >= 15 is 0 Å². The Labute approximate surface area is 251 Å². The van der Waals surface area contributed by atoms with Crippen LogP contribution in [0.4, 0.5) is 0 Å². The number of likely N-dealkylation sites (tertiary alicyclic amines) is 1. The molecule has 2 heterocycles. The van der Waals surface area contributed by atoms with Crippen LogP contribution in [0.15, 0.2) is 24.0 Å². The molecule has 1 amide bonds. The minimum Gasteiger partial charge on any atom is -0.504 e. The average Bonchev–Trinajstić information content (AvgIpc) is 3.31. The van der Waals surface area contributed by atoms with Crippen LogP contribution in [0.2, 0.25) is 0 Å². The number of amides is 1. The van der Waals surface area contributed by atoms with Crippen molar-refractivity contribution >= 4 is 29.8 Å². The molecule has 238 valence electrons. The largest absolute Gasteiger partial charge is 0.504 e. The summed E-state index contributed by atoms with van der Waals surface area (Å²) in [7, 11) is 1.93. The van der Waals surface area contributed by atoms with Crippen LogP contribution >= 0.6 is 0 Å². The van der Waals surface area contributed by atoms with Gasteiger partial charge in [-0.1, -0.05) is 6.07 Å². The molecule has 0 radical (unpaired) electrons. The zero-order valence-corrected chi connectivity index (χ0v) is 24.0. The quantitative estimate of drug-likeness (QED) is 0.169. The number of carbonyl (C=O) groups is 5. The second-order valence-corrected chi connectivity index (χ2v) is 11.7. The molecule has 2 unspecified atom stereocenters. The molecule has 0 saturated carbocycles. The zero-order chi connectivity index (χ0) is 32.1. The van der Waals surface area contributed by atoms with Crippen LogP contribution in [0.25, 0.3) is 0 Å².